The van der Waals surface area contributed by atoms with Crippen molar-refractivity contribution >= 4 is 17.4 Å². The summed E-state index contributed by atoms with van der Waals surface area (Å²) in [6, 6.07) is 8.95. The van der Waals surface area contributed by atoms with Crippen LogP contribution < -0.4 is 4.74 Å². The van der Waals surface area contributed by atoms with Gasteiger partial charge in [-0.3, -0.25) is 9.78 Å². The lowest BCUT2D eigenvalue weighted by Gasteiger charge is -2.10. The van der Waals surface area contributed by atoms with Crippen molar-refractivity contribution in [2.75, 3.05) is 7.11 Å². The number of carbonyl (C=O) groups excluding carboxylic acids is 1. The van der Waals surface area contributed by atoms with Gasteiger partial charge in [0.05, 0.1) is 12.8 Å². The van der Waals surface area contributed by atoms with Gasteiger partial charge in [0.25, 0.3) is 0 Å². The maximum absolute atomic E-state index is 11.4. The first-order valence-electron chi connectivity index (χ1n) is 5.85. The molecule has 0 aliphatic heterocycles. The van der Waals surface area contributed by atoms with Crippen LogP contribution in [0.4, 0.5) is 0 Å². The molecule has 2 rings (SSSR count). The van der Waals surface area contributed by atoms with Crippen LogP contribution in [0.15, 0.2) is 30.3 Å². The van der Waals surface area contributed by atoms with Crippen LogP contribution in [0.1, 0.15) is 23.0 Å². The molecule has 0 bridgehead atoms. The Kier molecular flexibility index (Phi) is 3.86. The van der Waals surface area contributed by atoms with Crippen molar-refractivity contribution in [2.45, 2.75) is 13.8 Å². The average molecular weight is 276 g/mol. The number of aryl methyl sites for hydroxylation is 1. The molecule has 0 aliphatic carbocycles. The number of hydrogen-bond acceptors (Lipinski definition) is 3. The van der Waals surface area contributed by atoms with Crippen molar-refractivity contribution in [1.82, 2.24) is 4.98 Å². The summed E-state index contributed by atoms with van der Waals surface area (Å²) < 4.78 is 5.31. The van der Waals surface area contributed by atoms with Gasteiger partial charge in [-0.05, 0) is 44.2 Å². The number of carbonyl (C=O) groups is 1. The van der Waals surface area contributed by atoms with E-state index in [9.17, 15) is 4.79 Å². The number of benzene rings is 1. The first kappa shape index (κ1) is 13.6. The van der Waals surface area contributed by atoms with Gasteiger partial charge in [-0.25, -0.2) is 0 Å². The van der Waals surface area contributed by atoms with Gasteiger partial charge in [0.2, 0.25) is 0 Å². The van der Waals surface area contributed by atoms with Crippen LogP contribution in [0.25, 0.3) is 11.3 Å². The minimum Gasteiger partial charge on any atom is -0.496 e. The van der Waals surface area contributed by atoms with Gasteiger partial charge in [0, 0.05) is 21.8 Å². The van der Waals surface area contributed by atoms with Gasteiger partial charge in [0.1, 0.15) is 5.75 Å². The molecule has 0 aliphatic rings. The molecule has 0 saturated heterocycles. The Hall–Kier alpha value is -1.87. The number of ketones is 1. The normalized spacial score (nSPS) is 10.3. The molecule has 1 aromatic heterocycles. The second kappa shape index (κ2) is 5.41. The summed E-state index contributed by atoms with van der Waals surface area (Å²) in [6.45, 7) is 3.35. The Morgan fingerprint density at radius 2 is 2.00 bits per heavy atom. The van der Waals surface area contributed by atoms with E-state index < -0.39 is 0 Å². The Bertz CT molecular complexity index is 638. The summed E-state index contributed by atoms with van der Waals surface area (Å²) in [5.74, 6) is 0.710. The smallest absolute Gasteiger partial charge is 0.161 e. The number of hydrogen-bond donors (Lipinski definition) is 0. The van der Waals surface area contributed by atoms with E-state index >= 15 is 0 Å². The van der Waals surface area contributed by atoms with Gasteiger partial charge >= 0.3 is 0 Å². The number of methoxy groups -OCH3 is 1. The van der Waals surface area contributed by atoms with Crippen LogP contribution in [-0.2, 0) is 0 Å². The quantitative estimate of drug-likeness (QED) is 0.797. The molecule has 0 saturated carbocycles. The minimum absolute atomic E-state index is 0.00890. The number of aromatic nitrogens is 1. The van der Waals surface area contributed by atoms with Crippen molar-refractivity contribution in [3.63, 3.8) is 0 Å². The zero-order chi connectivity index (χ0) is 14.0. The summed E-state index contributed by atoms with van der Waals surface area (Å²) in [5, 5.41) is 0.617. The highest BCUT2D eigenvalue weighted by molar-refractivity contribution is 6.30. The molecule has 4 heteroatoms. The van der Waals surface area contributed by atoms with Crippen LogP contribution in [0.2, 0.25) is 5.02 Å². The molecule has 0 spiro atoms. The van der Waals surface area contributed by atoms with E-state index in [1.807, 2.05) is 6.92 Å². The standard InChI is InChI=1S/C15H14ClNO2/c1-9-12(10(2)18)5-6-14(17-9)13-8-11(16)4-7-15(13)19-3/h4-8H,1-3H3. The van der Waals surface area contributed by atoms with Crippen LogP contribution >= 0.6 is 11.6 Å². The number of pyridine rings is 1. The van der Waals surface area contributed by atoms with Gasteiger partial charge in [-0.1, -0.05) is 11.6 Å². The van der Waals surface area contributed by atoms with E-state index in [-0.39, 0.29) is 5.78 Å². The number of ether oxygens (including phenoxy) is 1. The topological polar surface area (TPSA) is 39.2 Å². The molecule has 3 nitrogen and oxygen atoms in total. The maximum Gasteiger partial charge on any atom is 0.161 e. The fraction of sp³-hybridized carbons (Fsp3) is 0.200. The zero-order valence-corrected chi connectivity index (χ0v) is 11.8. The van der Waals surface area contributed by atoms with Crippen LogP contribution in [-0.4, -0.2) is 17.9 Å². The molecule has 1 aromatic carbocycles. The Balaban J connectivity index is 2.56. The SMILES string of the molecule is COc1ccc(Cl)cc1-c1ccc(C(C)=O)c(C)n1. The minimum atomic E-state index is 0.00890. The number of halogens is 1. The Morgan fingerprint density at radius 1 is 1.26 bits per heavy atom. The molecule has 98 valence electrons. The Labute approximate surface area is 117 Å². The monoisotopic (exact) mass is 275 g/mol. The largest absolute Gasteiger partial charge is 0.496 e. The summed E-state index contributed by atoms with van der Waals surface area (Å²) in [6.07, 6.45) is 0. The third kappa shape index (κ3) is 2.76. The molecule has 2 aromatic rings. The second-order valence-corrected chi connectivity index (χ2v) is 4.67. The predicted octanol–water partition coefficient (Wildman–Crippen LogP) is 3.92. The lowest BCUT2D eigenvalue weighted by atomic mass is 10.1. The Morgan fingerprint density at radius 3 is 2.58 bits per heavy atom. The van der Waals surface area contributed by atoms with Crippen molar-refractivity contribution in [3.8, 4) is 17.0 Å². The highest BCUT2D eigenvalue weighted by atomic mass is 35.5. The van der Waals surface area contributed by atoms with E-state index in [0.29, 0.717) is 22.0 Å². The van der Waals surface area contributed by atoms with E-state index in [0.717, 1.165) is 11.3 Å². The van der Waals surface area contributed by atoms with E-state index in [1.54, 1.807) is 37.4 Å². The van der Waals surface area contributed by atoms with Crippen LogP contribution in [0.5, 0.6) is 5.75 Å². The first-order valence-corrected chi connectivity index (χ1v) is 6.23. The van der Waals surface area contributed by atoms with Crippen molar-refractivity contribution in [1.29, 1.82) is 0 Å². The third-order valence-corrected chi connectivity index (χ3v) is 3.14. The molecule has 0 atom stereocenters. The van der Waals surface area contributed by atoms with Gasteiger partial charge in [-0.15, -0.1) is 0 Å². The molecule has 0 radical (unpaired) electrons. The number of nitrogens with zero attached hydrogens (tertiary/aromatic N) is 1. The second-order valence-electron chi connectivity index (χ2n) is 4.23. The fourth-order valence-corrected chi connectivity index (χ4v) is 2.14. The molecule has 0 fully saturated rings. The van der Waals surface area contributed by atoms with Gasteiger partial charge in [0.15, 0.2) is 5.78 Å². The molecule has 0 unspecified atom stereocenters. The number of rotatable bonds is 3. The summed E-state index contributed by atoms with van der Waals surface area (Å²) in [7, 11) is 1.60. The maximum atomic E-state index is 11.4. The average Bonchev–Trinajstić information content (AvgIpc) is 2.38. The molecular formula is C15H14ClNO2. The molecule has 0 N–H and O–H groups in total. The first-order chi connectivity index (χ1) is 9.02. The summed E-state index contributed by atoms with van der Waals surface area (Å²) >= 11 is 6.01. The molecule has 19 heavy (non-hydrogen) atoms. The van der Waals surface area contributed by atoms with Crippen LogP contribution in [0, 0.1) is 6.92 Å². The van der Waals surface area contributed by atoms with Crippen molar-refractivity contribution in [2.24, 2.45) is 0 Å². The van der Waals surface area contributed by atoms with E-state index in [4.69, 9.17) is 16.3 Å². The molecular weight excluding hydrogens is 262 g/mol. The number of Topliss-reactive ketones (excluding diaryl/α,β-unsaturated/α-hetero) is 1. The van der Waals surface area contributed by atoms with Gasteiger partial charge in [-0.2, -0.15) is 0 Å². The fourth-order valence-electron chi connectivity index (χ4n) is 1.96. The highest BCUT2D eigenvalue weighted by Crippen LogP contribution is 2.31. The van der Waals surface area contributed by atoms with Gasteiger partial charge < -0.3 is 4.74 Å². The van der Waals surface area contributed by atoms with Crippen molar-refractivity contribution < 1.29 is 9.53 Å². The van der Waals surface area contributed by atoms with Crippen LogP contribution in [0.3, 0.4) is 0 Å². The lowest BCUT2D eigenvalue weighted by molar-refractivity contribution is 0.101. The van der Waals surface area contributed by atoms with E-state index in [1.165, 1.54) is 6.92 Å². The van der Waals surface area contributed by atoms with E-state index in [2.05, 4.69) is 4.98 Å². The summed E-state index contributed by atoms with van der Waals surface area (Å²) in [4.78, 5) is 15.9. The predicted molar refractivity (Wildman–Crippen MR) is 76.0 cm³/mol. The molecule has 1 heterocycles. The summed E-state index contributed by atoms with van der Waals surface area (Å²) in [5.41, 5.74) is 2.88. The zero-order valence-electron chi connectivity index (χ0n) is 11.0. The third-order valence-electron chi connectivity index (χ3n) is 2.90. The highest BCUT2D eigenvalue weighted by Gasteiger charge is 2.11. The van der Waals surface area contributed by atoms with Crippen molar-refractivity contribution in [3.05, 3.63) is 46.6 Å². The molecule has 0 amide bonds. The lowest BCUT2D eigenvalue weighted by Crippen LogP contribution is -2.00.